The molecule has 9 heteroatoms. The molecule has 0 unspecified atom stereocenters. The van der Waals surface area contributed by atoms with Crippen molar-refractivity contribution in [1.29, 1.82) is 0 Å². The number of aromatic nitrogens is 1. The predicted molar refractivity (Wildman–Crippen MR) is 108 cm³/mol. The van der Waals surface area contributed by atoms with E-state index in [2.05, 4.69) is 10.5 Å². The van der Waals surface area contributed by atoms with Gasteiger partial charge in [0, 0.05) is 11.2 Å². The number of rotatable bonds is 5. The highest BCUT2D eigenvalue weighted by atomic mass is 35.5. The van der Waals surface area contributed by atoms with Gasteiger partial charge in [-0.15, -0.1) is 0 Å². The zero-order chi connectivity index (χ0) is 21.7. The lowest BCUT2D eigenvalue weighted by Gasteiger charge is -2.08. The number of nitrogens with zero attached hydrogens (tertiary/aromatic N) is 2. The lowest BCUT2D eigenvalue weighted by molar-refractivity contribution is -0.137. The first-order chi connectivity index (χ1) is 14.2. The van der Waals surface area contributed by atoms with Crippen molar-refractivity contribution in [2.75, 3.05) is 0 Å². The summed E-state index contributed by atoms with van der Waals surface area (Å²) < 4.78 is 39.1. The number of carbonyl (C=O) groups excluding carboxylic acids is 1. The van der Waals surface area contributed by atoms with Crippen LogP contribution in [0.3, 0.4) is 0 Å². The first-order valence-corrected chi connectivity index (χ1v) is 9.06. The van der Waals surface area contributed by atoms with Gasteiger partial charge in [-0.25, -0.2) is 5.43 Å². The second kappa shape index (κ2) is 8.96. The highest BCUT2D eigenvalue weighted by Crippen LogP contribution is 2.28. The zero-order valence-electron chi connectivity index (χ0n) is 15.4. The minimum Gasteiger partial charge on any atom is -0.310 e. The molecule has 2 aromatic carbocycles. The van der Waals surface area contributed by atoms with E-state index >= 15 is 0 Å². The lowest BCUT2D eigenvalue weighted by atomic mass is 10.1. The fourth-order valence-electron chi connectivity index (χ4n) is 2.60. The van der Waals surface area contributed by atoms with E-state index in [0.717, 1.165) is 17.7 Å². The molecule has 0 fully saturated rings. The molecule has 0 aliphatic carbocycles. The van der Waals surface area contributed by atoms with E-state index in [1.165, 1.54) is 29.0 Å². The van der Waals surface area contributed by atoms with E-state index in [1.807, 2.05) is 0 Å². The Hall–Kier alpha value is -3.39. The molecule has 0 saturated carbocycles. The van der Waals surface area contributed by atoms with Crippen molar-refractivity contribution >= 4 is 23.7 Å². The van der Waals surface area contributed by atoms with Crippen molar-refractivity contribution in [2.45, 2.75) is 12.7 Å². The molecule has 1 N–H and O–H groups in total. The third-order valence-electron chi connectivity index (χ3n) is 4.15. The van der Waals surface area contributed by atoms with Gasteiger partial charge in [0.2, 0.25) is 0 Å². The van der Waals surface area contributed by atoms with Crippen LogP contribution in [0.5, 0.6) is 0 Å². The molecule has 1 aromatic heterocycles. The van der Waals surface area contributed by atoms with Crippen molar-refractivity contribution < 1.29 is 18.0 Å². The molecule has 0 aliphatic heterocycles. The summed E-state index contributed by atoms with van der Waals surface area (Å²) in [5.74, 6) is -0.728. The molecule has 3 aromatic rings. The second-order valence-electron chi connectivity index (χ2n) is 6.30. The van der Waals surface area contributed by atoms with Gasteiger partial charge in [-0.3, -0.25) is 9.59 Å². The van der Waals surface area contributed by atoms with E-state index < -0.39 is 23.2 Å². The highest BCUT2D eigenvalue weighted by Gasteiger charge is 2.29. The first-order valence-electron chi connectivity index (χ1n) is 8.68. The number of hydrogen-bond acceptors (Lipinski definition) is 3. The molecule has 154 valence electrons. The van der Waals surface area contributed by atoms with Crippen LogP contribution in [0.15, 0.2) is 76.8 Å². The number of hydrogen-bond donors (Lipinski definition) is 1. The van der Waals surface area contributed by atoms with Crippen LogP contribution in [-0.2, 0) is 12.7 Å². The molecular formula is C21H15ClF3N3O2. The van der Waals surface area contributed by atoms with Crippen LogP contribution in [0.2, 0.25) is 5.02 Å². The maximum Gasteiger partial charge on any atom is 0.416 e. The van der Waals surface area contributed by atoms with Gasteiger partial charge in [0.05, 0.1) is 18.3 Å². The Labute approximate surface area is 174 Å². The van der Waals surface area contributed by atoms with Gasteiger partial charge in [-0.2, -0.15) is 18.3 Å². The van der Waals surface area contributed by atoms with Crippen LogP contribution in [0, 0.1) is 0 Å². The number of nitrogens with one attached hydrogen (secondary N) is 1. The molecule has 5 nitrogen and oxygen atoms in total. The number of carbonyl (C=O) groups is 1. The summed E-state index contributed by atoms with van der Waals surface area (Å²) in [5.41, 5.74) is 2.00. The maximum atomic E-state index is 12.6. The molecule has 1 amide bonds. The molecule has 0 bridgehead atoms. The van der Waals surface area contributed by atoms with Crippen molar-refractivity contribution in [3.05, 3.63) is 104 Å². The van der Waals surface area contributed by atoms with Gasteiger partial charge in [-0.05, 0) is 47.5 Å². The predicted octanol–water partition coefficient (Wildman–Crippen LogP) is 4.33. The summed E-state index contributed by atoms with van der Waals surface area (Å²) in [5, 5.41) is 4.28. The fourth-order valence-corrected chi connectivity index (χ4v) is 2.73. The van der Waals surface area contributed by atoms with E-state index in [0.29, 0.717) is 10.6 Å². The summed E-state index contributed by atoms with van der Waals surface area (Å²) in [7, 11) is 0. The van der Waals surface area contributed by atoms with Crippen LogP contribution < -0.4 is 11.0 Å². The number of benzene rings is 2. The summed E-state index contributed by atoms with van der Waals surface area (Å²) in [6.07, 6.45) is -1.68. The number of amides is 1. The van der Waals surface area contributed by atoms with Crippen molar-refractivity contribution in [1.82, 2.24) is 9.99 Å². The number of alkyl halides is 3. The molecule has 0 saturated heterocycles. The number of halogens is 4. The van der Waals surface area contributed by atoms with E-state index in [4.69, 9.17) is 11.6 Å². The zero-order valence-corrected chi connectivity index (χ0v) is 16.1. The number of pyridine rings is 1. The number of hydrazone groups is 1. The van der Waals surface area contributed by atoms with Gasteiger partial charge in [-0.1, -0.05) is 35.9 Å². The van der Waals surface area contributed by atoms with E-state index in [9.17, 15) is 22.8 Å². The topological polar surface area (TPSA) is 63.5 Å². The van der Waals surface area contributed by atoms with Gasteiger partial charge < -0.3 is 4.57 Å². The summed E-state index contributed by atoms with van der Waals surface area (Å²) in [6, 6.07) is 14.1. The Morgan fingerprint density at radius 3 is 2.37 bits per heavy atom. The largest absolute Gasteiger partial charge is 0.416 e. The summed E-state index contributed by atoms with van der Waals surface area (Å²) in [4.78, 5) is 24.9. The van der Waals surface area contributed by atoms with Gasteiger partial charge in [0.1, 0.15) is 5.56 Å². The molecule has 0 radical (unpaired) electrons. The van der Waals surface area contributed by atoms with Gasteiger partial charge in [0.25, 0.3) is 11.5 Å². The smallest absolute Gasteiger partial charge is 0.310 e. The van der Waals surface area contributed by atoms with E-state index in [-0.39, 0.29) is 12.1 Å². The minimum atomic E-state index is -4.43. The minimum absolute atomic E-state index is 0.115. The Kier molecular flexibility index (Phi) is 6.37. The molecule has 0 spiro atoms. The molecule has 3 rings (SSSR count). The highest BCUT2D eigenvalue weighted by molar-refractivity contribution is 6.30. The molecule has 0 atom stereocenters. The molecule has 30 heavy (non-hydrogen) atoms. The standard InChI is InChI=1S/C21H15ClF3N3O2/c22-17-9-5-15(6-10-17)13-28-11-1-2-18(20(28)30)19(29)27-26-12-14-3-7-16(8-4-14)21(23,24)25/h1-12H,13H2,(H,27,29)/b26-12-. The van der Waals surface area contributed by atoms with Crippen LogP contribution >= 0.6 is 11.6 Å². The fraction of sp³-hybridized carbons (Fsp3) is 0.0952. The summed E-state index contributed by atoms with van der Waals surface area (Å²) >= 11 is 5.85. The Morgan fingerprint density at radius 2 is 1.73 bits per heavy atom. The monoisotopic (exact) mass is 433 g/mol. The average molecular weight is 434 g/mol. The molecule has 1 heterocycles. The quantitative estimate of drug-likeness (QED) is 0.481. The van der Waals surface area contributed by atoms with Crippen LogP contribution in [0.4, 0.5) is 13.2 Å². The third kappa shape index (κ3) is 5.36. The van der Waals surface area contributed by atoms with Crippen LogP contribution in [0.1, 0.15) is 27.0 Å². The SMILES string of the molecule is O=C(N/N=C\c1ccc(C(F)(F)F)cc1)c1cccn(Cc2ccc(Cl)cc2)c1=O. The van der Waals surface area contributed by atoms with Gasteiger partial charge >= 0.3 is 6.18 Å². The Bertz CT molecular complexity index is 1120. The van der Waals surface area contributed by atoms with Crippen molar-refractivity contribution in [3.63, 3.8) is 0 Å². The molecule has 0 aliphatic rings. The summed E-state index contributed by atoms with van der Waals surface area (Å²) in [6.45, 7) is 0.256. The van der Waals surface area contributed by atoms with Gasteiger partial charge in [0.15, 0.2) is 0 Å². The first kappa shape index (κ1) is 21.3. The Balaban J connectivity index is 1.69. The Morgan fingerprint density at radius 1 is 1.07 bits per heavy atom. The van der Waals surface area contributed by atoms with Crippen molar-refractivity contribution in [2.24, 2.45) is 5.10 Å². The third-order valence-corrected chi connectivity index (χ3v) is 4.40. The van der Waals surface area contributed by atoms with E-state index in [1.54, 1.807) is 36.5 Å². The molecular weight excluding hydrogens is 419 g/mol. The van der Waals surface area contributed by atoms with Crippen LogP contribution in [0.25, 0.3) is 0 Å². The average Bonchev–Trinajstić information content (AvgIpc) is 2.71. The van der Waals surface area contributed by atoms with Crippen molar-refractivity contribution in [3.8, 4) is 0 Å². The van der Waals surface area contributed by atoms with Crippen LogP contribution in [-0.4, -0.2) is 16.7 Å². The second-order valence-corrected chi connectivity index (χ2v) is 6.74. The normalized spacial score (nSPS) is 11.6. The lowest BCUT2D eigenvalue weighted by Crippen LogP contribution is -2.30. The maximum absolute atomic E-state index is 12.6.